The summed E-state index contributed by atoms with van der Waals surface area (Å²) in [6, 6.07) is 5.46. The summed E-state index contributed by atoms with van der Waals surface area (Å²) < 4.78 is 9.92. The van der Waals surface area contributed by atoms with Crippen molar-refractivity contribution in [2.75, 3.05) is 27.4 Å². The normalized spacial score (nSPS) is 10.8. The third kappa shape index (κ3) is 4.66. The molecule has 8 nitrogen and oxygen atoms in total. The molecule has 2 heterocycles. The number of rotatable bonds is 7. The van der Waals surface area contributed by atoms with Crippen molar-refractivity contribution >= 4 is 28.5 Å². The summed E-state index contributed by atoms with van der Waals surface area (Å²) in [4.78, 5) is 23.5. The number of fused-ring (bicyclic) bond motifs is 1. The van der Waals surface area contributed by atoms with Gasteiger partial charge in [0.25, 0.3) is 0 Å². The van der Waals surface area contributed by atoms with E-state index in [2.05, 4.69) is 25.6 Å². The standard InChI is InChI=1S/C18H20ClN5O3/c1-26-4-3-20-18(25)23-8-12-5-11-6-14(19)13(7-15(11)24-12)16-9-22-17(27-2)10-21-16/h5-7,9-10,24H,3-4,8H2,1-2H3,(H2,20,23,25). The van der Waals surface area contributed by atoms with E-state index >= 15 is 0 Å². The molecule has 0 unspecified atom stereocenters. The summed E-state index contributed by atoms with van der Waals surface area (Å²) in [6.45, 7) is 1.29. The molecule has 2 amide bonds. The number of carbonyl (C=O) groups is 1. The zero-order valence-corrected chi connectivity index (χ0v) is 15.8. The fourth-order valence-corrected chi connectivity index (χ4v) is 2.84. The highest BCUT2D eigenvalue weighted by molar-refractivity contribution is 6.34. The van der Waals surface area contributed by atoms with Crippen LogP contribution in [0.4, 0.5) is 4.79 Å². The van der Waals surface area contributed by atoms with Gasteiger partial charge in [0, 0.05) is 35.8 Å². The second kappa shape index (κ2) is 8.70. The van der Waals surface area contributed by atoms with E-state index in [0.717, 1.165) is 22.2 Å². The van der Waals surface area contributed by atoms with Gasteiger partial charge in [-0.05, 0) is 18.2 Å². The van der Waals surface area contributed by atoms with Crippen molar-refractivity contribution in [3.05, 3.63) is 41.3 Å². The van der Waals surface area contributed by atoms with Crippen LogP contribution in [-0.2, 0) is 11.3 Å². The second-order valence-electron chi connectivity index (χ2n) is 5.76. The Kier molecular flexibility index (Phi) is 6.10. The van der Waals surface area contributed by atoms with Crippen LogP contribution in [-0.4, -0.2) is 48.4 Å². The molecule has 3 N–H and O–H groups in total. The summed E-state index contributed by atoms with van der Waals surface area (Å²) in [5.41, 5.74) is 3.16. The molecule has 0 aliphatic rings. The maximum atomic E-state index is 11.7. The summed E-state index contributed by atoms with van der Waals surface area (Å²) in [5, 5.41) is 7.00. The topological polar surface area (TPSA) is 101 Å². The summed E-state index contributed by atoms with van der Waals surface area (Å²) >= 11 is 6.41. The average Bonchev–Trinajstić information content (AvgIpc) is 3.07. The van der Waals surface area contributed by atoms with Crippen LogP contribution in [0.5, 0.6) is 5.88 Å². The van der Waals surface area contributed by atoms with Gasteiger partial charge in [0.05, 0.1) is 43.4 Å². The van der Waals surface area contributed by atoms with E-state index in [4.69, 9.17) is 21.1 Å². The lowest BCUT2D eigenvalue weighted by Gasteiger charge is -2.06. The predicted molar refractivity (Wildman–Crippen MR) is 103 cm³/mol. The molecule has 3 rings (SSSR count). The third-order valence-electron chi connectivity index (χ3n) is 3.91. The molecular weight excluding hydrogens is 370 g/mol. The van der Waals surface area contributed by atoms with Crippen LogP contribution in [0, 0.1) is 0 Å². The Morgan fingerprint density at radius 1 is 1.19 bits per heavy atom. The van der Waals surface area contributed by atoms with E-state index in [-0.39, 0.29) is 6.03 Å². The molecule has 0 fully saturated rings. The summed E-state index contributed by atoms with van der Waals surface area (Å²) in [6.07, 6.45) is 3.16. The van der Waals surface area contributed by atoms with Crippen molar-refractivity contribution in [1.29, 1.82) is 0 Å². The zero-order chi connectivity index (χ0) is 19.2. The van der Waals surface area contributed by atoms with Crippen molar-refractivity contribution in [3.63, 3.8) is 0 Å². The monoisotopic (exact) mass is 389 g/mol. The molecule has 2 aromatic heterocycles. The molecule has 0 saturated carbocycles. The Hall–Kier alpha value is -2.84. The van der Waals surface area contributed by atoms with Crippen LogP contribution in [0.1, 0.15) is 5.69 Å². The van der Waals surface area contributed by atoms with E-state index in [9.17, 15) is 4.79 Å². The fraction of sp³-hybridized carbons (Fsp3) is 0.278. The van der Waals surface area contributed by atoms with Crippen molar-refractivity contribution in [1.82, 2.24) is 25.6 Å². The number of nitrogens with zero attached hydrogens (tertiary/aromatic N) is 2. The van der Waals surface area contributed by atoms with Gasteiger partial charge in [0.2, 0.25) is 5.88 Å². The molecule has 0 aliphatic heterocycles. The zero-order valence-electron chi connectivity index (χ0n) is 15.0. The van der Waals surface area contributed by atoms with Gasteiger partial charge in [-0.1, -0.05) is 11.6 Å². The number of nitrogens with one attached hydrogen (secondary N) is 3. The van der Waals surface area contributed by atoms with Gasteiger partial charge in [0.15, 0.2) is 0 Å². The highest BCUT2D eigenvalue weighted by atomic mass is 35.5. The largest absolute Gasteiger partial charge is 0.480 e. The van der Waals surface area contributed by atoms with Gasteiger partial charge in [-0.3, -0.25) is 0 Å². The van der Waals surface area contributed by atoms with Crippen LogP contribution < -0.4 is 15.4 Å². The minimum Gasteiger partial charge on any atom is -0.480 e. The van der Waals surface area contributed by atoms with Crippen molar-refractivity contribution in [2.24, 2.45) is 0 Å². The van der Waals surface area contributed by atoms with Gasteiger partial charge >= 0.3 is 6.03 Å². The Bertz CT molecular complexity index is 927. The molecular formula is C18H20ClN5O3. The summed E-state index contributed by atoms with van der Waals surface area (Å²) in [7, 11) is 3.12. The number of methoxy groups -OCH3 is 2. The van der Waals surface area contributed by atoms with Crippen LogP contribution in [0.3, 0.4) is 0 Å². The number of halogens is 1. The molecule has 9 heteroatoms. The molecule has 0 aliphatic carbocycles. The van der Waals surface area contributed by atoms with Crippen LogP contribution in [0.15, 0.2) is 30.6 Å². The maximum Gasteiger partial charge on any atom is 0.315 e. The predicted octanol–water partition coefficient (Wildman–Crippen LogP) is 2.73. The highest BCUT2D eigenvalue weighted by Crippen LogP contribution is 2.31. The smallest absolute Gasteiger partial charge is 0.315 e. The van der Waals surface area contributed by atoms with E-state index in [1.807, 2.05) is 18.2 Å². The second-order valence-corrected chi connectivity index (χ2v) is 6.17. The van der Waals surface area contributed by atoms with E-state index in [1.165, 1.54) is 7.11 Å². The van der Waals surface area contributed by atoms with Gasteiger partial charge < -0.3 is 25.1 Å². The Morgan fingerprint density at radius 3 is 2.74 bits per heavy atom. The lowest BCUT2D eigenvalue weighted by molar-refractivity contribution is 0.196. The van der Waals surface area contributed by atoms with Gasteiger partial charge in [-0.2, -0.15) is 0 Å². The lowest BCUT2D eigenvalue weighted by atomic mass is 10.1. The number of ether oxygens (including phenoxy) is 2. The Labute approximate surface area is 161 Å². The number of urea groups is 1. The molecule has 3 aromatic rings. The Balaban J connectivity index is 1.74. The van der Waals surface area contributed by atoms with E-state index in [0.29, 0.717) is 36.3 Å². The molecule has 0 radical (unpaired) electrons. The highest BCUT2D eigenvalue weighted by Gasteiger charge is 2.11. The first-order chi connectivity index (χ1) is 13.1. The number of aromatic nitrogens is 3. The molecule has 0 atom stereocenters. The quantitative estimate of drug-likeness (QED) is 0.539. The number of hydrogen-bond donors (Lipinski definition) is 3. The van der Waals surface area contributed by atoms with Crippen LogP contribution in [0.2, 0.25) is 5.02 Å². The van der Waals surface area contributed by atoms with E-state index < -0.39 is 0 Å². The molecule has 0 spiro atoms. The SMILES string of the molecule is COCCNC(=O)NCc1cc2cc(Cl)c(-c3cnc(OC)cn3)cc2[nH]1. The first-order valence-corrected chi connectivity index (χ1v) is 8.66. The number of amides is 2. The first-order valence-electron chi connectivity index (χ1n) is 8.29. The number of carbonyl (C=O) groups excluding carboxylic acids is 1. The van der Waals surface area contributed by atoms with Crippen LogP contribution in [0.25, 0.3) is 22.2 Å². The van der Waals surface area contributed by atoms with E-state index in [1.54, 1.807) is 19.5 Å². The summed E-state index contributed by atoms with van der Waals surface area (Å²) in [5.74, 6) is 0.438. The minimum absolute atomic E-state index is 0.252. The van der Waals surface area contributed by atoms with Crippen LogP contribution >= 0.6 is 11.6 Å². The Morgan fingerprint density at radius 2 is 2.04 bits per heavy atom. The average molecular weight is 390 g/mol. The molecule has 27 heavy (non-hydrogen) atoms. The molecule has 0 saturated heterocycles. The number of aromatic amines is 1. The number of H-pyrrole nitrogens is 1. The van der Waals surface area contributed by atoms with Gasteiger partial charge in [-0.25, -0.2) is 14.8 Å². The first kappa shape index (κ1) is 18.9. The van der Waals surface area contributed by atoms with Gasteiger partial charge in [-0.15, -0.1) is 0 Å². The number of hydrogen-bond acceptors (Lipinski definition) is 5. The third-order valence-corrected chi connectivity index (χ3v) is 4.22. The minimum atomic E-state index is -0.252. The number of benzene rings is 1. The van der Waals surface area contributed by atoms with Gasteiger partial charge in [0.1, 0.15) is 0 Å². The van der Waals surface area contributed by atoms with Crippen molar-refractivity contribution < 1.29 is 14.3 Å². The lowest BCUT2D eigenvalue weighted by Crippen LogP contribution is -2.36. The van der Waals surface area contributed by atoms with Crippen molar-refractivity contribution in [2.45, 2.75) is 6.54 Å². The molecule has 142 valence electrons. The molecule has 1 aromatic carbocycles. The molecule has 0 bridgehead atoms. The van der Waals surface area contributed by atoms with Crippen molar-refractivity contribution in [3.8, 4) is 17.1 Å². The maximum absolute atomic E-state index is 11.7. The fourth-order valence-electron chi connectivity index (χ4n) is 2.57.